The van der Waals surface area contributed by atoms with Gasteiger partial charge in [0, 0.05) is 23.0 Å². The van der Waals surface area contributed by atoms with Gasteiger partial charge in [-0.05, 0) is 25.0 Å². The summed E-state index contributed by atoms with van der Waals surface area (Å²) >= 11 is 1.81. The van der Waals surface area contributed by atoms with E-state index in [4.69, 9.17) is 4.74 Å². The number of imidazole rings is 1. The maximum Gasteiger partial charge on any atom is 0.165 e. The van der Waals surface area contributed by atoms with Gasteiger partial charge in [0.2, 0.25) is 0 Å². The molecule has 0 spiro atoms. The monoisotopic (exact) mass is 313 g/mol. The van der Waals surface area contributed by atoms with Gasteiger partial charge in [0.1, 0.15) is 18.1 Å². The van der Waals surface area contributed by atoms with Crippen molar-refractivity contribution in [3.63, 3.8) is 0 Å². The van der Waals surface area contributed by atoms with Crippen LogP contribution >= 0.6 is 11.8 Å². The van der Waals surface area contributed by atoms with E-state index in [0.29, 0.717) is 0 Å². The van der Waals surface area contributed by atoms with Gasteiger partial charge in [0.05, 0.1) is 18.6 Å². The zero-order valence-electron chi connectivity index (χ0n) is 11.9. The minimum absolute atomic E-state index is 0.0166. The first-order valence-corrected chi connectivity index (χ1v) is 8.19. The van der Waals surface area contributed by atoms with Crippen LogP contribution in [0.2, 0.25) is 0 Å². The third kappa shape index (κ3) is 2.69. The molecule has 0 bridgehead atoms. The highest BCUT2D eigenvalue weighted by atomic mass is 32.2. The highest BCUT2D eigenvalue weighted by Gasteiger charge is 2.27. The number of hydrogen-bond donors (Lipinski definition) is 0. The van der Waals surface area contributed by atoms with Crippen molar-refractivity contribution < 1.29 is 4.74 Å². The Kier molecular flexibility index (Phi) is 3.74. The molecule has 0 radical (unpaired) electrons. The molecule has 0 N–H and O–H groups in total. The quantitative estimate of drug-likeness (QED) is 0.690. The van der Waals surface area contributed by atoms with Gasteiger partial charge in [-0.3, -0.25) is 9.55 Å². The van der Waals surface area contributed by atoms with Gasteiger partial charge in [0.25, 0.3) is 0 Å². The zero-order valence-corrected chi connectivity index (χ0v) is 12.7. The van der Waals surface area contributed by atoms with E-state index in [1.807, 2.05) is 29.1 Å². The van der Waals surface area contributed by atoms with Crippen molar-refractivity contribution in [3.8, 4) is 0 Å². The molecule has 112 valence electrons. The van der Waals surface area contributed by atoms with Gasteiger partial charge in [-0.1, -0.05) is 0 Å². The van der Waals surface area contributed by atoms with Crippen LogP contribution in [0.3, 0.4) is 0 Å². The van der Waals surface area contributed by atoms with Gasteiger partial charge in [-0.15, -0.1) is 11.8 Å². The molecule has 22 heavy (non-hydrogen) atoms. The first kappa shape index (κ1) is 13.7. The Labute approximate surface area is 132 Å². The number of thioether (sulfide) groups is 1. The van der Waals surface area contributed by atoms with E-state index in [9.17, 15) is 0 Å². The largest absolute Gasteiger partial charge is 0.354 e. The molecule has 7 heteroatoms. The summed E-state index contributed by atoms with van der Waals surface area (Å²) in [5.74, 6) is 0.947. The standard InChI is InChI=1S/C15H15N5OS/c1-2-14(20-10-19-13-7-17-9-18-15(13)20)21-11(1)8-22-12-3-5-16-6-4-12/h3-7,9-11,14H,1-2,8H2/t11-,14?/m0/s1. The molecular formula is C15H15N5OS. The van der Waals surface area contributed by atoms with Crippen LogP contribution in [-0.2, 0) is 4.74 Å². The Morgan fingerprint density at radius 2 is 2.09 bits per heavy atom. The second-order valence-electron chi connectivity index (χ2n) is 5.17. The lowest BCUT2D eigenvalue weighted by Crippen LogP contribution is -2.13. The van der Waals surface area contributed by atoms with Crippen LogP contribution in [0.5, 0.6) is 0 Å². The fraction of sp³-hybridized carbons (Fsp3) is 0.333. The summed E-state index contributed by atoms with van der Waals surface area (Å²) in [7, 11) is 0. The average molecular weight is 313 g/mol. The van der Waals surface area contributed by atoms with E-state index in [0.717, 1.165) is 29.8 Å². The Balaban J connectivity index is 1.42. The van der Waals surface area contributed by atoms with Gasteiger partial charge < -0.3 is 4.74 Å². The maximum absolute atomic E-state index is 6.16. The van der Waals surface area contributed by atoms with Gasteiger partial charge in [0.15, 0.2) is 5.65 Å². The summed E-state index contributed by atoms with van der Waals surface area (Å²) in [5, 5.41) is 0. The maximum atomic E-state index is 6.16. The molecule has 1 unspecified atom stereocenters. The molecule has 2 atom stereocenters. The average Bonchev–Trinajstić information content (AvgIpc) is 3.20. The SMILES string of the molecule is c1cc(SC[C@@H]2CCC(n3cnc4cncnc43)O2)ccn1. The molecule has 3 aromatic heterocycles. The van der Waals surface area contributed by atoms with Crippen LogP contribution in [0, 0.1) is 0 Å². The molecule has 1 aliphatic rings. The number of ether oxygens (including phenoxy) is 1. The van der Waals surface area contributed by atoms with Crippen LogP contribution in [-0.4, -0.2) is 36.4 Å². The zero-order chi connectivity index (χ0) is 14.8. The summed E-state index contributed by atoms with van der Waals surface area (Å²) in [6.07, 6.45) is 11.0. The molecule has 6 nitrogen and oxygen atoms in total. The normalized spacial score (nSPS) is 21.5. The number of nitrogens with zero attached hydrogens (tertiary/aromatic N) is 5. The number of pyridine rings is 1. The van der Waals surface area contributed by atoms with Crippen LogP contribution in [0.25, 0.3) is 11.2 Å². The molecule has 0 amide bonds. The Bertz CT molecular complexity index is 763. The molecule has 4 rings (SSSR count). The van der Waals surface area contributed by atoms with Crippen molar-refractivity contribution in [1.29, 1.82) is 0 Å². The molecule has 0 saturated carbocycles. The van der Waals surface area contributed by atoms with Crippen molar-refractivity contribution in [1.82, 2.24) is 24.5 Å². The van der Waals surface area contributed by atoms with E-state index >= 15 is 0 Å². The lowest BCUT2D eigenvalue weighted by Gasteiger charge is -2.15. The number of hydrogen-bond acceptors (Lipinski definition) is 6. The molecular weight excluding hydrogens is 298 g/mol. The number of aromatic nitrogens is 5. The summed E-state index contributed by atoms with van der Waals surface area (Å²) in [4.78, 5) is 17.9. The lowest BCUT2D eigenvalue weighted by atomic mass is 10.2. The van der Waals surface area contributed by atoms with Gasteiger partial charge in [-0.25, -0.2) is 15.0 Å². The molecule has 0 aromatic carbocycles. The van der Waals surface area contributed by atoms with Crippen molar-refractivity contribution in [2.24, 2.45) is 0 Å². The molecule has 1 aliphatic heterocycles. The van der Waals surface area contributed by atoms with Crippen molar-refractivity contribution in [3.05, 3.63) is 43.4 Å². The van der Waals surface area contributed by atoms with E-state index in [2.05, 4.69) is 19.9 Å². The second-order valence-corrected chi connectivity index (χ2v) is 6.26. The molecule has 1 fully saturated rings. The molecule has 4 heterocycles. The van der Waals surface area contributed by atoms with Gasteiger partial charge >= 0.3 is 0 Å². The predicted octanol–water partition coefficient (Wildman–Crippen LogP) is 2.69. The third-order valence-electron chi connectivity index (χ3n) is 3.72. The summed E-state index contributed by atoms with van der Waals surface area (Å²) in [6, 6.07) is 4.05. The van der Waals surface area contributed by atoms with Crippen molar-refractivity contribution in [2.45, 2.75) is 30.1 Å². The van der Waals surface area contributed by atoms with Gasteiger partial charge in [-0.2, -0.15) is 0 Å². The van der Waals surface area contributed by atoms with E-state index < -0.39 is 0 Å². The Morgan fingerprint density at radius 3 is 3.00 bits per heavy atom. The van der Waals surface area contributed by atoms with Crippen molar-refractivity contribution in [2.75, 3.05) is 5.75 Å². The fourth-order valence-corrected chi connectivity index (χ4v) is 3.57. The number of fused-ring (bicyclic) bond motifs is 1. The topological polar surface area (TPSA) is 65.7 Å². The first-order chi connectivity index (χ1) is 10.9. The highest BCUT2D eigenvalue weighted by molar-refractivity contribution is 7.99. The second kappa shape index (κ2) is 6.02. The van der Waals surface area contributed by atoms with Crippen LogP contribution in [0.15, 0.2) is 48.3 Å². The lowest BCUT2D eigenvalue weighted by molar-refractivity contribution is 0.0153. The third-order valence-corrected chi connectivity index (χ3v) is 4.86. The number of rotatable bonds is 4. The summed E-state index contributed by atoms with van der Waals surface area (Å²) in [6.45, 7) is 0. The smallest absolute Gasteiger partial charge is 0.165 e. The van der Waals surface area contributed by atoms with E-state index in [1.165, 1.54) is 4.90 Å². The summed E-state index contributed by atoms with van der Waals surface area (Å²) < 4.78 is 8.17. The van der Waals surface area contributed by atoms with E-state index in [1.54, 1.807) is 30.6 Å². The summed E-state index contributed by atoms with van der Waals surface area (Å²) in [5.41, 5.74) is 1.64. The van der Waals surface area contributed by atoms with Crippen molar-refractivity contribution >= 4 is 22.9 Å². The minimum Gasteiger partial charge on any atom is -0.354 e. The fourth-order valence-electron chi connectivity index (χ4n) is 2.63. The Hall–Kier alpha value is -1.99. The molecule has 3 aromatic rings. The first-order valence-electron chi connectivity index (χ1n) is 7.21. The van der Waals surface area contributed by atoms with Crippen LogP contribution < -0.4 is 0 Å². The van der Waals surface area contributed by atoms with Crippen LogP contribution in [0.1, 0.15) is 19.1 Å². The Morgan fingerprint density at radius 1 is 1.18 bits per heavy atom. The minimum atomic E-state index is 0.0166. The highest BCUT2D eigenvalue weighted by Crippen LogP contribution is 2.32. The van der Waals surface area contributed by atoms with Crippen LogP contribution in [0.4, 0.5) is 0 Å². The predicted molar refractivity (Wildman–Crippen MR) is 83.4 cm³/mol. The molecule has 1 saturated heterocycles. The molecule has 0 aliphatic carbocycles. The van der Waals surface area contributed by atoms with E-state index in [-0.39, 0.29) is 12.3 Å².